The van der Waals surface area contributed by atoms with Crippen molar-refractivity contribution in [2.45, 2.75) is 167 Å². The molecule has 0 saturated heterocycles. The van der Waals surface area contributed by atoms with Gasteiger partial charge in [-0.05, 0) is 80.8 Å². The number of aliphatic hydroxyl groups excluding tert-OH is 2. The second kappa shape index (κ2) is 34.2. The normalized spacial score (nSPS) is 15.3. The molecule has 1 aromatic rings. The van der Waals surface area contributed by atoms with Gasteiger partial charge < -0.3 is 73.8 Å². The predicted molar refractivity (Wildman–Crippen MR) is 275 cm³/mol. The molecule has 0 bridgehead atoms. The molecule has 0 aliphatic carbocycles. The summed E-state index contributed by atoms with van der Waals surface area (Å²) in [5.41, 5.74) is 6.21. The number of aliphatic carboxylic acids is 3. The molecule has 0 heterocycles. The Hall–Kier alpha value is -6.38. The lowest BCUT2D eigenvalue weighted by atomic mass is 9.99. The van der Waals surface area contributed by atoms with Gasteiger partial charge in [-0.15, -0.1) is 0 Å². The molecule has 15 N–H and O–H groups in total. The van der Waals surface area contributed by atoms with Crippen LogP contribution in [0.25, 0.3) is 0 Å². The highest BCUT2D eigenvalue weighted by molar-refractivity contribution is 7.98. The van der Waals surface area contributed by atoms with E-state index in [-0.39, 0.29) is 55.6 Å². The van der Waals surface area contributed by atoms with Crippen molar-refractivity contribution in [2.24, 2.45) is 23.5 Å². The van der Waals surface area contributed by atoms with Crippen LogP contribution in [0.5, 0.6) is 0 Å². The summed E-state index contributed by atoms with van der Waals surface area (Å²) >= 11 is 1.29. The molecule has 8 amide bonds. The number of hydrogen-bond donors (Lipinski definition) is 14. The van der Waals surface area contributed by atoms with Crippen LogP contribution in [0.1, 0.15) is 105 Å². The first-order valence-corrected chi connectivity index (χ1v) is 26.2. The topological polar surface area (TPSA) is 411 Å². The van der Waals surface area contributed by atoms with Crippen molar-refractivity contribution in [1.82, 2.24) is 42.5 Å². The molecule has 1 rings (SSSR count). The van der Waals surface area contributed by atoms with Crippen LogP contribution >= 0.6 is 11.8 Å². The Morgan fingerprint density at radius 1 is 0.493 bits per heavy atom. The van der Waals surface area contributed by atoms with E-state index < -0.39 is 158 Å². The fraction of sp³-hybridized carbons (Fsp3) is 0.653. The number of aliphatic hydroxyl groups is 2. The molecule has 0 aromatic heterocycles. The number of carboxylic acids is 3. The number of carbonyl (C=O) groups excluding carboxylic acids is 8. The van der Waals surface area contributed by atoms with E-state index in [0.717, 1.165) is 0 Å². The summed E-state index contributed by atoms with van der Waals surface area (Å²) in [6.07, 6.45) is -2.36. The van der Waals surface area contributed by atoms with Gasteiger partial charge in [-0.25, -0.2) is 4.79 Å². The van der Waals surface area contributed by atoms with Crippen molar-refractivity contribution in [2.75, 3.05) is 18.6 Å². The Labute approximate surface area is 441 Å². The molecular formula is C49H79N9O16S. The molecule has 75 heavy (non-hydrogen) atoms. The molecule has 10 atom stereocenters. The van der Waals surface area contributed by atoms with Crippen LogP contribution in [0.4, 0.5) is 0 Å². The molecule has 0 fully saturated rings. The van der Waals surface area contributed by atoms with Crippen molar-refractivity contribution < 1.29 is 78.3 Å². The van der Waals surface area contributed by atoms with Gasteiger partial charge in [-0.2, -0.15) is 11.8 Å². The summed E-state index contributed by atoms with van der Waals surface area (Å²) in [6, 6.07) is -4.79. The Kier molecular flexibility index (Phi) is 30.4. The summed E-state index contributed by atoms with van der Waals surface area (Å²) in [5, 5.41) is 68.0. The molecule has 0 aliphatic rings. The third-order valence-electron chi connectivity index (χ3n) is 11.3. The van der Waals surface area contributed by atoms with Gasteiger partial charge in [0.2, 0.25) is 47.3 Å². The molecule has 422 valence electrons. The fourth-order valence-electron chi connectivity index (χ4n) is 7.38. The number of carboxylic acid groups (broad SMARTS) is 3. The monoisotopic (exact) mass is 1080 g/mol. The Morgan fingerprint density at radius 3 is 1.17 bits per heavy atom. The minimum absolute atomic E-state index is 0.00854. The molecule has 26 heteroatoms. The predicted octanol–water partition coefficient (Wildman–Crippen LogP) is -1.49. The van der Waals surface area contributed by atoms with Gasteiger partial charge in [-0.1, -0.05) is 71.9 Å². The van der Waals surface area contributed by atoms with E-state index in [1.54, 1.807) is 78.1 Å². The van der Waals surface area contributed by atoms with Crippen LogP contribution in [0, 0.1) is 17.8 Å². The fourth-order valence-corrected chi connectivity index (χ4v) is 7.86. The van der Waals surface area contributed by atoms with Gasteiger partial charge in [0.1, 0.15) is 48.3 Å². The first kappa shape index (κ1) is 66.6. The number of carbonyl (C=O) groups is 11. The second-order valence-electron chi connectivity index (χ2n) is 19.5. The molecule has 1 aromatic carbocycles. The molecule has 25 nitrogen and oxygen atoms in total. The van der Waals surface area contributed by atoms with Crippen molar-refractivity contribution in [1.29, 1.82) is 0 Å². The zero-order chi connectivity index (χ0) is 57.1. The van der Waals surface area contributed by atoms with Gasteiger partial charge >= 0.3 is 17.9 Å². The summed E-state index contributed by atoms with van der Waals surface area (Å²) in [5.74, 6) is -12.1. The average molecular weight is 1080 g/mol. The quantitative estimate of drug-likeness (QED) is 0.0364. The SMILES string of the molecule is CSCC[C@H](NC(=O)[C@H](CCC(=O)O)NC(=O)[C@H](CCC(=O)O)NC(=O)[C@H](CC(C)C)NC(=O)[C@H](CC(C)C)NC(=O)[C@@H](N)CO)C(=O)N[C@@H](Cc1ccccc1)C(=O)N[C@@H](CC(C)C)C(=O)N[C@H](C(=O)O)[C@@H](C)O. The van der Waals surface area contributed by atoms with Gasteiger partial charge in [0.05, 0.1) is 12.7 Å². The van der Waals surface area contributed by atoms with E-state index >= 15 is 0 Å². The van der Waals surface area contributed by atoms with Gasteiger partial charge in [0.15, 0.2) is 6.04 Å². The van der Waals surface area contributed by atoms with Crippen LogP contribution in [0.15, 0.2) is 30.3 Å². The minimum Gasteiger partial charge on any atom is -0.481 e. The van der Waals surface area contributed by atoms with Crippen LogP contribution in [-0.4, -0.2) is 170 Å². The lowest BCUT2D eigenvalue weighted by Crippen LogP contribution is -2.61. The zero-order valence-electron chi connectivity index (χ0n) is 43.9. The summed E-state index contributed by atoms with van der Waals surface area (Å²) in [4.78, 5) is 145. The molecule has 0 spiro atoms. The van der Waals surface area contributed by atoms with E-state index in [4.69, 9.17) is 5.73 Å². The van der Waals surface area contributed by atoms with E-state index in [9.17, 15) is 78.3 Å². The van der Waals surface area contributed by atoms with E-state index in [1.165, 1.54) is 18.7 Å². The maximum atomic E-state index is 14.2. The van der Waals surface area contributed by atoms with Crippen molar-refractivity contribution in [3.05, 3.63) is 35.9 Å². The molecule has 0 unspecified atom stereocenters. The van der Waals surface area contributed by atoms with E-state index in [1.807, 2.05) is 0 Å². The first-order valence-electron chi connectivity index (χ1n) is 24.8. The van der Waals surface area contributed by atoms with Gasteiger partial charge in [-0.3, -0.25) is 47.9 Å². The molecule has 0 aliphatic heterocycles. The molecule has 0 radical (unpaired) electrons. The van der Waals surface area contributed by atoms with Crippen LogP contribution in [0.2, 0.25) is 0 Å². The Morgan fingerprint density at radius 2 is 0.827 bits per heavy atom. The van der Waals surface area contributed by atoms with Crippen molar-refractivity contribution >= 4 is 76.9 Å². The summed E-state index contributed by atoms with van der Waals surface area (Å²) in [6.45, 7) is 11.0. The van der Waals surface area contributed by atoms with E-state index in [2.05, 4.69) is 42.5 Å². The minimum atomic E-state index is -1.71. The summed E-state index contributed by atoms with van der Waals surface area (Å²) in [7, 11) is 0. The van der Waals surface area contributed by atoms with Gasteiger partial charge in [0.25, 0.3) is 0 Å². The van der Waals surface area contributed by atoms with Gasteiger partial charge in [0, 0.05) is 19.3 Å². The standard InChI is InChI=1S/C49H79N9O16S/c1-25(2)20-34(54-41(65)30(50)24-59)46(70)55-35(21-26(3)4)45(69)52-32(15-17-39(63)64)42(66)51-31(14-16-38(61)62)43(67)53-33(18-19-75-8)44(68)57-37(23-29-12-10-9-11-13-29)47(71)56-36(22-27(5)6)48(72)58-40(28(7)60)49(73)74/h9-13,25-28,30-37,40,59-60H,14-24,50H2,1-8H3,(H,51,66)(H,52,69)(H,53,67)(H,54,65)(H,55,70)(H,56,71)(H,57,68)(H,58,72)(H,61,62)(H,63,64)(H,73,74)/t28-,30+,31+,32+,33+,34+,35+,36+,37+,40+/m1/s1. The number of thioether (sulfide) groups is 1. The number of hydrogen-bond acceptors (Lipinski definition) is 15. The van der Waals surface area contributed by atoms with Crippen LogP contribution in [0.3, 0.4) is 0 Å². The molecular weight excluding hydrogens is 1000 g/mol. The maximum absolute atomic E-state index is 14.2. The lowest BCUT2D eigenvalue weighted by molar-refractivity contribution is -0.145. The zero-order valence-corrected chi connectivity index (χ0v) is 44.7. The van der Waals surface area contributed by atoms with Crippen molar-refractivity contribution in [3.8, 4) is 0 Å². The highest BCUT2D eigenvalue weighted by Crippen LogP contribution is 2.14. The highest BCUT2D eigenvalue weighted by atomic mass is 32.2. The Bertz CT molecular complexity index is 2080. The summed E-state index contributed by atoms with van der Waals surface area (Å²) < 4.78 is 0. The second-order valence-corrected chi connectivity index (χ2v) is 20.5. The highest BCUT2D eigenvalue weighted by Gasteiger charge is 2.36. The van der Waals surface area contributed by atoms with Crippen LogP contribution in [-0.2, 0) is 59.2 Å². The Balaban J connectivity index is 3.61. The number of nitrogens with two attached hydrogens (primary N) is 1. The number of benzene rings is 1. The number of nitrogens with one attached hydrogen (secondary N) is 8. The van der Waals surface area contributed by atoms with Crippen molar-refractivity contribution in [3.63, 3.8) is 0 Å². The van der Waals surface area contributed by atoms with E-state index in [0.29, 0.717) is 5.56 Å². The van der Waals surface area contributed by atoms with Crippen LogP contribution < -0.4 is 48.3 Å². The number of amides is 8. The third kappa shape index (κ3) is 26.1. The smallest absolute Gasteiger partial charge is 0.328 e. The lowest BCUT2D eigenvalue weighted by Gasteiger charge is -2.29. The average Bonchev–Trinajstić information content (AvgIpc) is 3.32. The molecule has 0 saturated carbocycles. The maximum Gasteiger partial charge on any atom is 0.328 e. The number of rotatable bonds is 36. The third-order valence-corrected chi connectivity index (χ3v) is 12.0. The largest absolute Gasteiger partial charge is 0.481 e. The first-order chi connectivity index (χ1) is 35.1.